The van der Waals surface area contributed by atoms with Gasteiger partial charge in [-0.25, -0.2) is 0 Å². The molecule has 2 aromatic rings. The zero-order valence-electron chi connectivity index (χ0n) is 11.1. The molecule has 100 valence electrons. The molecule has 3 heteroatoms. The fraction of sp³-hybridized carbons (Fsp3) is 0.235. The second-order valence-electron chi connectivity index (χ2n) is 5.01. The number of anilines is 2. The quantitative estimate of drug-likeness (QED) is 0.752. The number of fused-ring (bicyclic) bond motifs is 1. The van der Waals surface area contributed by atoms with Crippen molar-refractivity contribution in [2.45, 2.75) is 19.3 Å². The lowest BCUT2D eigenvalue weighted by Gasteiger charge is -2.26. The predicted molar refractivity (Wildman–Crippen MR) is 85.2 cm³/mol. The minimum atomic E-state index is 0.719. The average Bonchev–Trinajstić information content (AvgIpc) is 2.69. The van der Waals surface area contributed by atoms with Crippen molar-refractivity contribution >= 4 is 27.3 Å². The summed E-state index contributed by atoms with van der Waals surface area (Å²) in [4.78, 5) is 2.29. The number of para-hydroxylation sites is 1. The molecule has 2 aromatic carbocycles. The van der Waals surface area contributed by atoms with Gasteiger partial charge in [0, 0.05) is 16.7 Å². The molecule has 0 amide bonds. The molecule has 0 spiro atoms. The van der Waals surface area contributed by atoms with Gasteiger partial charge in [-0.15, -0.1) is 0 Å². The van der Waals surface area contributed by atoms with Crippen LogP contribution in [-0.2, 0) is 6.42 Å². The molecule has 0 unspecified atom stereocenters. The van der Waals surface area contributed by atoms with Crippen LogP contribution in [0.3, 0.4) is 0 Å². The summed E-state index contributed by atoms with van der Waals surface area (Å²) in [5.41, 5.74) is 4.33. The summed E-state index contributed by atoms with van der Waals surface area (Å²) in [5, 5.41) is 9.39. The van der Waals surface area contributed by atoms with Crippen molar-refractivity contribution in [2.24, 2.45) is 0 Å². The fourth-order valence-corrected chi connectivity index (χ4v) is 3.14. The standard InChI is InChI=1S/C17H15BrN2/c18-15-8-9-17(14(11-15)12-19)20-10-4-3-6-13-5-1-2-7-16(13)20/h1-2,5,7-9,11H,3-4,6,10H2. The average molecular weight is 327 g/mol. The smallest absolute Gasteiger partial charge is 0.101 e. The third-order valence-electron chi connectivity index (χ3n) is 3.73. The molecule has 0 fully saturated rings. The van der Waals surface area contributed by atoms with Gasteiger partial charge in [0.25, 0.3) is 0 Å². The van der Waals surface area contributed by atoms with Gasteiger partial charge in [0.15, 0.2) is 0 Å². The van der Waals surface area contributed by atoms with E-state index >= 15 is 0 Å². The second-order valence-corrected chi connectivity index (χ2v) is 5.93. The molecular formula is C17H15BrN2. The van der Waals surface area contributed by atoms with E-state index in [-0.39, 0.29) is 0 Å². The van der Waals surface area contributed by atoms with Crippen molar-refractivity contribution < 1.29 is 0 Å². The number of benzene rings is 2. The van der Waals surface area contributed by atoms with Crippen LogP contribution in [0, 0.1) is 11.3 Å². The molecule has 0 aliphatic carbocycles. The summed E-state index contributed by atoms with van der Waals surface area (Å²) in [6.07, 6.45) is 3.46. The van der Waals surface area contributed by atoms with E-state index in [0.29, 0.717) is 0 Å². The van der Waals surface area contributed by atoms with Crippen molar-refractivity contribution in [1.29, 1.82) is 5.26 Å². The molecule has 1 heterocycles. The molecule has 20 heavy (non-hydrogen) atoms. The zero-order chi connectivity index (χ0) is 13.9. The van der Waals surface area contributed by atoms with E-state index in [2.05, 4.69) is 51.2 Å². The molecule has 1 aliphatic rings. The minimum Gasteiger partial charge on any atom is -0.340 e. The van der Waals surface area contributed by atoms with Crippen LogP contribution in [0.25, 0.3) is 0 Å². The predicted octanol–water partition coefficient (Wildman–Crippen LogP) is 4.80. The lowest BCUT2D eigenvalue weighted by atomic mass is 10.1. The maximum atomic E-state index is 9.39. The highest BCUT2D eigenvalue weighted by Crippen LogP contribution is 2.35. The van der Waals surface area contributed by atoms with Gasteiger partial charge >= 0.3 is 0 Å². The normalized spacial score (nSPS) is 14.3. The lowest BCUT2D eigenvalue weighted by molar-refractivity contribution is 0.761. The maximum Gasteiger partial charge on any atom is 0.101 e. The number of hydrogen-bond donors (Lipinski definition) is 0. The monoisotopic (exact) mass is 326 g/mol. The first-order chi connectivity index (χ1) is 9.79. The first-order valence-electron chi connectivity index (χ1n) is 6.84. The van der Waals surface area contributed by atoms with Crippen LogP contribution in [0.15, 0.2) is 46.9 Å². The van der Waals surface area contributed by atoms with Gasteiger partial charge in [-0.05, 0) is 49.1 Å². The van der Waals surface area contributed by atoms with Gasteiger partial charge in [-0.2, -0.15) is 5.26 Å². The van der Waals surface area contributed by atoms with E-state index in [1.807, 2.05) is 18.2 Å². The number of hydrogen-bond acceptors (Lipinski definition) is 2. The number of halogens is 1. The Labute approximate surface area is 127 Å². The SMILES string of the molecule is N#Cc1cc(Br)ccc1N1CCCCc2ccccc21. The Kier molecular flexibility index (Phi) is 3.75. The van der Waals surface area contributed by atoms with E-state index in [4.69, 9.17) is 0 Å². The van der Waals surface area contributed by atoms with Crippen LogP contribution in [0.5, 0.6) is 0 Å². The van der Waals surface area contributed by atoms with Crippen LogP contribution in [-0.4, -0.2) is 6.54 Å². The third kappa shape index (κ3) is 2.44. The molecule has 0 aromatic heterocycles. The van der Waals surface area contributed by atoms with Gasteiger partial charge in [0.1, 0.15) is 6.07 Å². The first kappa shape index (κ1) is 13.2. The lowest BCUT2D eigenvalue weighted by Crippen LogP contribution is -2.19. The van der Waals surface area contributed by atoms with Gasteiger partial charge in [-0.3, -0.25) is 0 Å². The number of aryl methyl sites for hydroxylation is 1. The highest BCUT2D eigenvalue weighted by molar-refractivity contribution is 9.10. The Hall–Kier alpha value is -1.79. The van der Waals surface area contributed by atoms with Gasteiger partial charge in [-0.1, -0.05) is 34.1 Å². The van der Waals surface area contributed by atoms with Crippen molar-refractivity contribution in [2.75, 3.05) is 11.4 Å². The van der Waals surface area contributed by atoms with Crippen molar-refractivity contribution in [3.05, 3.63) is 58.1 Å². The molecule has 0 radical (unpaired) electrons. The van der Waals surface area contributed by atoms with Gasteiger partial charge < -0.3 is 4.90 Å². The summed E-state index contributed by atoms with van der Waals surface area (Å²) in [6.45, 7) is 0.966. The molecule has 0 atom stereocenters. The number of nitriles is 1. The van der Waals surface area contributed by atoms with Crippen LogP contribution >= 0.6 is 15.9 Å². The van der Waals surface area contributed by atoms with Gasteiger partial charge in [0.2, 0.25) is 0 Å². The van der Waals surface area contributed by atoms with Crippen LogP contribution in [0.1, 0.15) is 24.0 Å². The Morgan fingerprint density at radius 3 is 2.75 bits per heavy atom. The molecular weight excluding hydrogens is 312 g/mol. The van der Waals surface area contributed by atoms with E-state index in [1.165, 1.54) is 17.7 Å². The van der Waals surface area contributed by atoms with Crippen LogP contribution in [0.4, 0.5) is 11.4 Å². The molecule has 1 aliphatic heterocycles. The largest absolute Gasteiger partial charge is 0.340 e. The highest BCUT2D eigenvalue weighted by Gasteiger charge is 2.18. The summed E-state index contributed by atoms with van der Waals surface area (Å²) < 4.78 is 0.945. The first-order valence-corrected chi connectivity index (χ1v) is 7.64. The Morgan fingerprint density at radius 2 is 1.90 bits per heavy atom. The Morgan fingerprint density at radius 1 is 1.05 bits per heavy atom. The van der Waals surface area contributed by atoms with Gasteiger partial charge in [0.05, 0.1) is 11.3 Å². The molecule has 0 saturated heterocycles. The number of rotatable bonds is 1. The zero-order valence-corrected chi connectivity index (χ0v) is 12.7. The maximum absolute atomic E-state index is 9.39. The number of nitrogens with zero attached hydrogens (tertiary/aromatic N) is 2. The summed E-state index contributed by atoms with van der Waals surface area (Å²) in [7, 11) is 0. The van der Waals surface area contributed by atoms with E-state index in [9.17, 15) is 5.26 Å². The fourth-order valence-electron chi connectivity index (χ4n) is 2.77. The molecule has 3 rings (SSSR count). The second kappa shape index (κ2) is 5.68. The van der Waals surface area contributed by atoms with E-state index in [1.54, 1.807) is 0 Å². The van der Waals surface area contributed by atoms with Crippen LogP contribution in [0.2, 0.25) is 0 Å². The van der Waals surface area contributed by atoms with Crippen molar-refractivity contribution in [1.82, 2.24) is 0 Å². The topological polar surface area (TPSA) is 27.0 Å². The molecule has 0 saturated carbocycles. The van der Waals surface area contributed by atoms with Crippen molar-refractivity contribution in [3.8, 4) is 6.07 Å². The van der Waals surface area contributed by atoms with Crippen molar-refractivity contribution in [3.63, 3.8) is 0 Å². The summed E-state index contributed by atoms with van der Waals surface area (Å²) in [5.74, 6) is 0. The Balaban J connectivity index is 2.13. The summed E-state index contributed by atoms with van der Waals surface area (Å²) in [6, 6.07) is 16.8. The summed E-state index contributed by atoms with van der Waals surface area (Å²) >= 11 is 3.44. The minimum absolute atomic E-state index is 0.719. The van der Waals surface area contributed by atoms with E-state index in [0.717, 1.165) is 35.1 Å². The van der Waals surface area contributed by atoms with E-state index < -0.39 is 0 Å². The third-order valence-corrected chi connectivity index (χ3v) is 4.22. The molecule has 0 N–H and O–H groups in total. The highest BCUT2D eigenvalue weighted by atomic mass is 79.9. The van der Waals surface area contributed by atoms with Crippen LogP contribution < -0.4 is 4.90 Å². The molecule has 2 nitrogen and oxygen atoms in total. The molecule has 0 bridgehead atoms. The Bertz CT molecular complexity index is 673.